The second-order valence-corrected chi connectivity index (χ2v) is 7.35. The van der Waals surface area contributed by atoms with E-state index in [0.717, 1.165) is 62.8 Å². The largest absolute Gasteiger partial charge is 0.478 e. The average molecular weight is 436 g/mol. The van der Waals surface area contributed by atoms with E-state index >= 15 is 0 Å². The molecule has 0 saturated heterocycles. The van der Waals surface area contributed by atoms with Crippen molar-refractivity contribution >= 4 is 15.9 Å². The van der Waals surface area contributed by atoms with Gasteiger partial charge in [0.05, 0.1) is 13.2 Å². The third-order valence-electron chi connectivity index (χ3n) is 4.07. The molecule has 0 saturated carbocycles. The van der Waals surface area contributed by atoms with Crippen LogP contribution < -0.4 is 4.74 Å². The monoisotopic (exact) mass is 435 g/mol. The number of halogens is 1. The Kier molecular flexibility index (Phi) is 11.8. The van der Waals surface area contributed by atoms with Gasteiger partial charge in [-0.2, -0.15) is 0 Å². The lowest BCUT2D eigenvalue weighted by molar-refractivity contribution is 0.105. The van der Waals surface area contributed by atoms with Gasteiger partial charge in [0, 0.05) is 36.6 Å². The predicted octanol–water partition coefficient (Wildman–Crippen LogP) is 5.80. The van der Waals surface area contributed by atoms with E-state index in [1.54, 1.807) is 6.20 Å². The Morgan fingerprint density at radius 2 is 1.37 bits per heavy atom. The molecule has 1 aromatic heterocycles. The Morgan fingerprint density at radius 3 is 2.04 bits per heavy atom. The van der Waals surface area contributed by atoms with Gasteiger partial charge in [0.25, 0.3) is 0 Å². The SMILES string of the molecule is Brc1ccc(OCCCCCOCCCCCOCc2ccccc2)nc1. The summed E-state index contributed by atoms with van der Waals surface area (Å²) >= 11 is 3.36. The van der Waals surface area contributed by atoms with Gasteiger partial charge in [0.1, 0.15) is 0 Å². The van der Waals surface area contributed by atoms with Crippen molar-refractivity contribution in [1.29, 1.82) is 0 Å². The van der Waals surface area contributed by atoms with Crippen molar-refractivity contribution < 1.29 is 14.2 Å². The number of rotatable bonds is 15. The first kappa shape index (κ1) is 21.9. The van der Waals surface area contributed by atoms with E-state index in [0.29, 0.717) is 19.1 Å². The Labute approximate surface area is 171 Å². The molecule has 2 rings (SSSR count). The average Bonchev–Trinajstić information content (AvgIpc) is 2.70. The molecule has 0 aliphatic heterocycles. The number of unbranched alkanes of at least 4 members (excludes halogenated alkanes) is 4. The number of pyridine rings is 1. The third-order valence-corrected chi connectivity index (χ3v) is 4.54. The molecular formula is C22H30BrNO3. The highest BCUT2D eigenvalue weighted by Crippen LogP contribution is 2.12. The summed E-state index contributed by atoms with van der Waals surface area (Å²) in [6.45, 7) is 3.91. The first-order valence-corrected chi connectivity index (χ1v) is 10.6. The van der Waals surface area contributed by atoms with Crippen LogP contribution in [-0.4, -0.2) is 31.4 Å². The number of benzene rings is 1. The molecule has 1 heterocycles. The summed E-state index contributed by atoms with van der Waals surface area (Å²) < 4.78 is 17.9. The summed E-state index contributed by atoms with van der Waals surface area (Å²) in [6, 6.07) is 14.1. The van der Waals surface area contributed by atoms with Crippen LogP contribution in [0.2, 0.25) is 0 Å². The van der Waals surface area contributed by atoms with Crippen LogP contribution in [0.25, 0.3) is 0 Å². The minimum atomic E-state index is 0.683. The molecule has 0 amide bonds. The smallest absolute Gasteiger partial charge is 0.213 e. The maximum Gasteiger partial charge on any atom is 0.213 e. The highest BCUT2D eigenvalue weighted by Gasteiger charge is 1.97. The molecule has 4 nitrogen and oxygen atoms in total. The van der Waals surface area contributed by atoms with Crippen LogP contribution in [0, 0.1) is 0 Å². The number of hydrogen-bond donors (Lipinski definition) is 0. The Hall–Kier alpha value is -1.43. The topological polar surface area (TPSA) is 40.6 Å². The number of nitrogens with zero attached hydrogens (tertiary/aromatic N) is 1. The number of aromatic nitrogens is 1. The summed E-state index contributed by atoms with van der Waals surface area (Å²) in [6.07, 6.45) is 8.33. The van der Waals surface area contributed by atoms with Gasteiger partial charge in [-0.05, 0) is 66.1 Å². The van der Waals surface area contributed by atoms with Crippen LogP contribution >= 0.6 is 15.9 Å². The molecule has 0 N–H and O–H groups in total. The van der Waals surface area contributed by atoms with E-state index in [2.05, 4.69) is 33.0 Å². The van der Waals surface area contributed by atoms with Crippen LogP contribution in [0.4, 0.5) is 0 Å². The number of hydrogen-bond acceptors (Lipinski definition) is 4. The zero-order valence-corrected chi connectivity index (χ0v) is 17.5. The van der Waals surface area contributed by atoms with Crippen molar-refractivity contribution in [2.24, 2.45) is 0 Å². The molecule has 0 fully saturated rings. The molecule has 2 aromatic rings. The van der Waals surface area contributed by atoms with Gasteiger partial charge < -0.3 is 14.2 Å². The highest BCUT2D eigenvalue weighted by atomic mass is 79.9. The summed E-state index contributed by atoms with van der Waals surface area (Å²) in [4.78, 5) is 4.19. The van der Waals surface area contributed by atoms with E-state index in [4.69, 9.17) is 14.2 Å². The highest BCUT2D eigenvalue weighted by molar-refractivity contribution is 9.10. The first-order valence-electron chi connectivity index (χ1n) is 9.78. The summed E-state index contributed by atoms with van der Waals surface area (Å²) in [7, 11) is 0. The Morgan fingerprint density at radius 1 is 0.704 bits per heavy atom. The van der Waals surface area contributed by atoms with Gasteiger partial charge in [-0.1, -0.05) is 30.3 Å². The second-order valence-electron chi connectivity index (χ2n) is 6.43. The zero-order chi connectivity index (χ0) is 19.0. The Balaban J connectivity index is 1.29. The Bertz CT molecular complexity index is 592. The van der Waals surface area contributed by atoms with Crippen molar-refractivity contribution in [2.45, 2.75) is 45.1 Å². The maximum atomic E-state index is 5.69. The van der Waals surface area contributed by atoms with Crippen LogP contribution in [0.5, 0.6) is 5.88 Å². The molecule has 0 unspecified atom stereocenters. The van der Waals surface area contributed by atoms with Crippen LogP contribution in [0.15, 0.2) is 53.1 Å². The van der Waals surface area contributed by atoms with Gasteiger partial charge in [-0.15, -0.1) is 0 Å². The molecule has 5 heteroatoms. The minimum Gasteiger partial charge on any atom is -0.478 e. The maximum absolute atomic E-state index is 5.69. The lowest BCUT2D eigenvalue weighted by Crippen LogP contribution is -2.01. The van der Waals surface area contributed by atoms with Gasteiger partial charge in [0.2, 0.25) is 5.88 Å². The molecule has 1 aromatic carbocycles. The van der Waals surface area contributed by atoms with Crippen molar-refractivity contribution in [2.75, 3.05) is 26.4 Å². The van der Waals surface area contributed by atoms with E-state index in [9.17, 15) is 0 Å². The summed E-state index contributed by atoms with van der Waals surface area (Å²) in [5.41, 5.74) is 1.24. The first-order chi connectivity index (χ1) is 13.3. The standard InChI is InChI=1S/C22H30BrNO3/c23-21-12-13-22(24-18-21)27-17-9-3-7-15-25-14-6-2-8-16-26-19-20-10-4-1-5-11-20/h1,4-5,10-13,18H,2-3,6-9,14-17,19H2. The third kappa shape index (κ3) is 11.1. The van der Waals surface area contributed by atoms with Crippen LogP contribution in [0.3, 0.4) is 0 Å². The van der Waals surface area contributed by atoms with Crippen LogP contribution in [0.1, 0.15) is 44.1 Å². The van der Waals surface area contributed by atoms with Gasteiger partial charge in [0.15, 0.2) is 0 Å². The fraction of sp³-hybridized carbons (Fsp3) is 0.500. The van der Waals surface area contributed by atoms with Gasteiger partial charge in [-0.3, -0.25) is 0 Å². The van der Waals surface area contributed by atoms with Crippen molar-refractivity contribution in [3.05, 3.63) is 58.7 Å². The lowest BCUT2D eigenvalue weighted by atomic mass is 10.2. The minimum absolute atomic E-state index is 0.683. The van der Waals surface area contributed by atoms with Crippen molar-refractivity contribution in [3.63, 3.8) is 0 Å². The molecule has 148 valence electrons. The van der Waals surface area contributed by atoms with E-state index in [1.165, 1.54) is 5.56 Å². The summed E-state index contributed by atoms with van der Waals surface area (Å²) in [5, 5.41) is 0. The van der Waals surface area contributed by atoms with Gasteiger partial charge >= 0.3 is 0 Å². The number of ether oxygens (including phenoxy) is 3. The van der Waals surface area contributed by atoms with Gasteiger partial charge in [-0.25, -0.2) is 4.98 Å². The predicted molar refractivity (Wildman–Crippen MR) is 112 cm³/mol. The summed E-state index contributed by atoms with van der Waals surface area (Å²) in [5.74, 6) is 0.683. The lowest BCUT2D eigenvalue weighted by Gasteiger charge is -2.07. The second kappa shape index (κ2) is 14.6. The fourth-order valence-corrected chi connectivity index (χ4v) is 2.79. The molecule has 27 heavy (non-hydrogen) atoms. The molecule has 0 spiro atoms. The van der Waals surface area contributed by atoms with Crippen LogP contribution in [-0.2, 0) is 16.1 Å². The molecule has 0 aliphatic rings. The fourth-order valence-electron chi connectivity index (χ4n) is 2.56. The molecule has 0 atom stereocenters. The zero-order valence-electron chi connectivity index (χ0n) is 15.9. The molecule has 0 radical (unpaired) electrons. The van der Waals surface area contributed by atoms with E-state index in [1.807, 2.05) is 30.3 Å². The van der Waals surface area contributed by atoms with Crippen molar-refractivity contribution in [3.8, 4) is 5.88 Å². The molecule has 0 bridgehead atoms. The molecular weight excluding hydrogens is 406 g/mol. The quantitative estimate of drug-likeness (QED) is 0.331. The molecule has 0 aliphatic carbocycles. The van der Waals surface area contributed by atoms with E-state index < -0.39 is 0 Å². The van der Waals surface area contributed by atoms with E-state index in [-0.39, 0.29) is 0 Å². The van der Waals surface area contributed by atoms with Crippen molar-refractivity contribution in [1.82, 2.24) is 4.98 Å². The normalized spacial score (nSPS) is 10.9.